The highest BCUT2D eigenvalue weighted by Gasteiger charge is 2.72. The summed E-state index contributed by atoms with van der Waals surface area (Å²) in [5, 5.41) is 11.1. The summed E-state index contributed by atoms with van der Waals surface area (Å²) in [6.45, 7) is 17.1. The zero-order valence-corrected chi connectivity index (χ0v) is 26.3. The SMILES string of the molecule is C=CC(=C)CC[C@]1(C)[C@H](C)C[C@@H](OC(=O)CCCCCCCCC)[C@]23C(=C[C@@H](O)C[C@H]12)[C@H](OC(C)=O)O[C@@H]3OC(C)=O. The van der Waals surface area contributed by atoms with E-state index in [2.05, 4.69) is 33.9 Å². The molecule has 1 heterocycles. The molecule has 1 saturated carbocycles. The minimum absolute atomic E-state index is 0.0828. The van der Waals surface area contributed by atoms with Crippen LogP contribution in [0.3, 0.4) is 0 Å². The van der Waals surface area contributed by atoms with Gasteiger partial charge in [-0.2, -0.15) is 0 Å². The standard InChI is InChI=1S/C34H52O8/c1-8-10-11-12-13-14-15-16-30(38)41-29-19-23(4)33(7,18-17-22(3)9-2)28-21-26(37)20-27-31(39-24(5)35)42-32(34(27,28)29)40-25(6)36/h9,20,23,26,28-29,31-32,37H,2-3,8,10-19,21H2,1,4-7H3/t23-,26-,28-,29-,31-,32+,33-,34+/m1/s1. The third-order valence-corrected chi connectivity index (χ3v) is 9.92. The first kappa shape index (κ1) is 34.0. The molecule has 0 radical (unpaired) electrons. The highest BCUT2D eigenvalue weighted by Crippen LogP contribution is 2.67. The van der Waals surface area contributed by atoms with Crippen LogP contribution < -0.4 is 0 Å². The van der Waals surface area contributed by atoms with Crippen molar-refractivity contribution in [3.8, 4) is 0 Å². The number of unbranched alkanes of at least 4 members (excludes halogenated alkanes) is 6. The lowest BCUT2D eigenvalue weighted by Crippen LogP contribution is -2.63. The number of aliphatic hydroxyl groups excluding tert-OH is 1. The second-order valence-electron chi connectivity index (χ2n) is 12.8. The summed E-state index contributed by atoms with van der Waals surface area (Å²) in [4.78, 5) is 37.9. The number of esters is 3. The van der Waals surface area contributed by atoms with Gasteiger partial charge < -0.3 is 19.3 Å². The lowest BCUT2D eigenvalue weighted by Gasteiger charge is -2.60. The van der Waals surface area contributed by atoms with Crippen LogP contribution in [0.2, 0.25) is 0 Å². The quantitative estimate of drug-likeness (QED) is 0.0739. The number of rotatable bonds is 15. The van der Waals surface area contributed by atoms with E-state index in [0.29, 0.717) is 31.3 Å². The van der Waals surface area contributed by atoms with E-state index in [4.69, 9.17) is 18.9 Å². The molecular formula is C34H52O8. The summed E-state index contributed by atoms with van der Waals surface area (Å²) < 4.78 is 23.9. The highest BCUT2D eigenvalue weighted by atomic mass is 16.8. The molecule has 0 aromatic carbocycles. The molecule has 0 aromatic heterocycles. The van der Waals surface area contributed by atoms with Gasteiger partial charge in [-0.05, 0) is 55.4 Å². The Labute approximate surface area is 251 Å². The Morgan fingerprint density at radius 1 is 1.02 bits per heavy atom. The van der Waals surface area contributed by atoms with E-state index in [-0.39, 0.29) is 23.2 Å². The Morgan fingerprint density at radius 3 is 2.29 bits per heavy atom. The summed E-state index contributed by atoms with van der Waals surface area (Å²) >= 11 is 0. The van der Waals surface area contributed by atoms with Crippen LogP contribution in [0.4, 0.5) is 0 Å². The fraction of sp³-hybridized carbons (Fsp3) is 0.735. The van der Waals surface area contributed by atoms with Crippen LogP contribution in [-0.4, -0.2) is 47.8 Å². The van der Waals surface area contributed by atoms with Crippen LogP contribution in [0.25, 0.3) is 0 Å². The lowest BCUT2D eigenvalue weighted by molar-refractivity contribution is -0.257. The maximum Gasteiger partial charge on any atom is 0.306 e. The summed E-state index contributed by atoms with van der Waals surface area (Å²) in [7, 11) is 0. The van der Waals surface area contributed by atoms with Crippen molar-refractivity contribution in [2.24, 2.45) is 22.7 Å². The van der Waals surface area contributed by atoms with Gasteiger partial charge in [0, 0.05) is 25.8 Å². The molecule has 0 bridgehead atoms. The van der Waals surface area contributed by atoms with Gasteiger partial charge >= 0.3 is 17.9 Å². The molecule has 236 valence electrons. The van der Waals surface area contributed by atoms with Gasteiger partial charge in [-0.15, -0.1) is 0 Å². The average Bonchev–Trinajstić information content (AvgIpc) is 3.21. The van der Waals surface area contributed by atoms with Crippen LogP contribution in [0.1, 0.15) is 112 Å². The average molecular weight is 589 g/mol. The molecule has 2 fully saturated rings. The van der Waals surface area contributed by atoms with E-state index < -0.39 is 42.1 Å². The molecule has 0 amide bonds. The number of aliphatic hydroxyl groups is 1. The molecule has 1 saturated heterocycles. The van der Waals surface area contributed by atoms with E-state index in [1.165, 1.54) is 39.5 Å². The molecule has 0 aromatic rings. The molecule has 8 nitrogen and oxygen atoms in total. The Hall–Kier alpha value is -2.45. The number of hydrogen-bond acceptors (Lipinski definition) is 8. The van der Waals surface area contributed by atoms with E-state index >= 15 is 0 Å². The van der Waals surface area contributed by atoms with Gasteiger partial charge in [0.25, 0.3) is 0 Å². The molecule has 3 rings (SSSR count). The van der Waals surface area contributed by atoms with Gasteiger partial charge in [0.1, 0.15) is 11.5 Å². The number of carbonyl (C=O) groups excluding carboxylic acids is 3. The fourth-order valence-electron chi connectivity index (χ4n) is 7.50. The van der Waals surface area contributed by atoms with Crippen molar-refractivity contribution in [1.82, 2.24) is 0 Å². The summed E-state index contributed by atoms with van der Waals surface area (Å²) in [5.41, 5.74) is -0.106. The molecule has 0 unspecified atom stereocenters. The lowest BCUT2D eigenvalue weighted by atomic mass is 9.45. The molecule has 8 atom stereocenters. The zero-order valence-electron chi connectivity index (χ0n) is 26.3. The monoisotopic (exact) mass is 588 g/mol. The van der Waals surface area contributed by atoms with Crippen LogP contribution in [0, 0.1) is 22.7 Å². The first-order valence-electron chi connectivity index (χ1n) is 15.8. The molecule has 42 heavy (non-hydrogen) atoms. The van der Waals surface area contributed by atoms with Gasteiger partial charge in [0.05, 0.1) is 6.10 Å². The van der Waals surface area contributed by atoms with E-state index in [9.17, 15) is 19.5 Å². The van der Waals surface area contributed by atoms with Gasteiger partial charge in [0.15, 0.2) is 0 Å². The van der Waals surface area contributed by atoms with Crippen molar-refractivity contribution in [2.75, 3.05) is 0 Å². The maximum atomic E-state index is 13.3. The van der Waals surface area contributed by atoms with E-state index in [1.807, 2.05) is 0 Å². The Morgan fingerprint density at radius 2 is 1.67 bits per heavy atom. The summed E-state index contributed by atoms with van der Waals surface area (Å²) in [6.07, 6.45) is 9.69. The van der Waals surface area contributed by atoms with E-state index in [1.54, 1.807) is 12.2 Å². The Bertz CT molecular complexity index is 1030. The Balaban J connectivity index is 2.00. The van der Waals surface area contributed by atoms with Crippen molar-refractivity contribution in [3.05, 3.63) is 36.5 Å². The van der Waals surface area contributed by atoms with Crippen molar-refractivity contribution >= 4 is 17.9 Å². The van der Waals surface area contributed by atoms with Gasteiger partial charge in [-0.1, -0.05) is 84.1 Å². The fourth-order valence-corrected chi connectivity index (χ4v) is 7.50. The third-order valence-electron chi connectivity index (χ3n) is 9.92. The molecular weight excluding hydrogens is 536 g/mol. The predicted octanol–water partition coefficient (Wildman–Crippen LogP) is 6.71. The number of carbonyl (C=O) groups is 3. The molecule has 2 aliphatic carbocycles. The molecule has 1 N–H and O–H groups in total. The van der Waals surface area contributed by atoms with Crippen molar-refractivity contribution in [2.45, 2.75) is 136 Å². The van der Waals surface area contributed by atoms with Crippen LogP contribution in [-0.2, 0) is 33.3 Å². The molecule has 8 heteroatoms. The minimum atomic E-state index is -1.17. The van der Waals surface area contributed by atoms with Crippen LogP contribution >= 0.6 is 0 Å². The predicted molar refractivity (Wildman–Crippen MR) is 160 cm³/mol. The van der Waals surface area contributed by atoms with Crippen LogP contribution in [0.15, 0.2) is 36.5 Å². The summed E-state index contributed by atoms with van der Waals surface area (Å²) in [5.74, 6) is -1.67. The maximum absolute atomic E-state index is 13.3. The van der Waals surface area contributed by atoms with Crippen molar-refractivity contribution in [1.29, 1.82) is 0 Å². The third kappa shape index (κ3) is 7.36. The highest BCUT2D eigenvalue weighted by molar-refractivity contribution is 5.70. The zero-order chi connectivity index (χ0) is 31.1. The molecule has 3 aliphatic rings. The van der Waals surface area contributed by atoms with Gasteiger partial charge in [-0.25, -0.2) is 0 Å². The number of allylic oxidation sites excluding steroid dienone is 2. The first-order valence-corrected chi connectivity index (χ1v) is 15.8. The van der Waals surface area contributed by atoms with Gasteiger partial charge in [0.2, 0.25) is 12.6 Å². The number of ether oxygens (including phenoxy) is 4. The smallest absolute Gasteiger partial charge is 0.306 e. The minimum Gasteiger partial charge on any atom is -0.461 e. The van der Waals surface area contributed by atoms with Gasteiger partial charge in [-0.3, -0.25) is 19.1 Å². The van der Waals surface area contributed by atoms with E-state index in [0.717, 1.165) is 31.3 Å². The second-order valence-corrected chi connectivity index (χ2v) is 12.8. The topological polar surface area (TPSA) is 108 Å². The normalized spacial score (nSPS) is 33.5. The summed E-state index contributed by atoms with van der Waals surface area (Å²) in [6, 6.07) is 0. The van der Waals surface area contributed by atoms with Crippen LogP contribution in [0.5, 0.6) is 0 Å². The Kier molecular flexibility index (Phi) is 12.0. The number of hydrogen-bond donors (Lipinski definition) is 1. The second kappa shape index (κ2) is 14.8. The molecule has 1 aliphatic heterocycles. The van der Waals surface area contributed by atoms with Crippen molar-refractivity contribution in [3.63, 3.8) is 0 Å². The van der Waals surface area contributed by atoms with Crippen molar-refractivity contribution < 1.29 is 38.4 Å². The molecule has 1 spiro atoms. The largest absolute Gasteiger partial charge is 0.461 e. The first-order chi connectivity index (χ1) is 19.9.